The van der Waals surface area contributed by atoms with Crippen molar-refractivity contribution in [2.24, 2.45) is 0 Å². The molecule has 0 radical (unpaired) electrons. The lowest BCUT2D eigenvalue weighted by Crippen LogP contribution is -2.19. The summed E-state index contributed by atoms with van der Waals surface area (Å²) in [6.45, 7) is 0. The first-order chi connectivity index (χ1) is 8.47. The molecule has 1 aliphatic carbocycles. The van der Waals surface area contributed by atoms with Crippen molar-refractivity contribution >= 4 is 21.8 Å². The molecule has 0 N–H and O–H groups in total. The van der Waals surface area contributed by atoms with E-state index >= 15 is 0 Å². The molecule has 18 heavy (non-hydrogen) atoms. The van der Waals surface area contributed by atoms with Gasteiger partial charge in [0, 0.05) is 0 Å². The van der Waals surface area contributed by atoms with E-state index in [4.69, 9.17) is 16.3 Å². The maximum atomic E-state index is 12.8. The van der Waals surface area contributed by atoms with Gasteiger partial charge in [0.25, 0.3) is 0 Å². The van der Waals surface area contributed by atoms with E-state index in [-0.39, 0.29) is 11.1 Å². The maximum absolute atomic E-state index is 12.8. The van der Waals surface area contributed by atoms with Gasteiger partial charge in [-0.1, -0.05) is 18.0 Å². The summed E-state index contributed by atoms with van der Waals surface area (Å²) in [7, 11) is -4.72. The molecule has 0 aliphatic heterocycles. The Kier molecular flexibility index (Phi) is 4.12. The molecule has 0 unspecified atom stereocenters. The van der Waals surface area contributed by atoms with Crippen LogP contribution in [0.5, 0.6) is 5.75 Å². The fraction of sp³-hybridized carbons (Fsp3) is 0.500. The zero-order valence-electron chi connectivity index (χ0n) is 9.73. The molecule has 1 saturated carbocycles. The third-order valence-corrected chi connectivity index (χ3v) is 4.14. The van der Waals surface area contributed by atoms with Crippen molar-refractivity contribution in [3.63, 3.8) is 0 Å². The van der Waals surface area contributed by atoms with Crippen molar-refractivity contribution in [2.45, 2.75) is 43.1 Å². The molecule has 1 aromatic carbocycles. The largest absolute Gasteiger partial charge is 0.489 e. The molecular weight excluding hydrogens is 279 g/mol. The van der Waals surface area contributed by atoms with Crippen LogP contribution >= 0.6 is 11.6 Å². The molecule has 0 spiro atoms. The summed E-state index contributed by atoms with van der Waals surface area (Å²) >= 11 is 5.90. The van der Waals surface area contributed by atoms with Crippen LogP contribution in [0.1, 0.15) is 32.1 Å². The van der Waals surface area contributed by atoms with Crippen LogP contribution in [0.25, 0.3) is 0 Å². The Morgan fingerprint density at radius 3 is 2.44 bits per heavy atom. The average Bonchev–Trinajstić information content (AvgIpc) is 2.32. The summed E-state index contributed by atoms with van der Waals surface area (Å²) in [4.78, 5) is -0.441. The van der Waals surface area contributed by atoms with Crippen molar-refractivity contribution in [2.75, 3.05) is 0 Å². The molecule has 0 heterocycles. The summed E-state index contributed by atoms with van der Waals surface area (Å²) in [5.41, 5.74) is 0. The van der Waals surface area contributed by atoms with Gasteiger partial charge in [0.15, 0.2) is 0 Å². The topological polar surface area (TPSA) is 43.4 Å². The number of rotatable bonds is 3. The number of hydrogen-bond acceptors (Lipinski definition) is 3. The first-order valence-corrected chi connectivity index (χ1v) is 7.64. The molecule has 0 bridgehead atoms. The van der Waals surface area contributed by atoms with E-state index in [9.17, 15) is 12.3 Å². The zero-order chi connectivity index (χ0) is 13.2. The highest BCUT2D eigenvalue weighted by atomic mass is 35.5. The first-order valence-electron chi connectivity index (χ1n) is 5.88. The van der Waals surface area contributed by atoms with E-state index in [2.05, 4.69) is 0 Å². The summed E-state index contributed by atoms with van der Waals surface area (Å²) in [6, 6.07) is 3.65. The van der Waals surface area contributed by atoms with E-state index in [1.165, 1.54) is 18.6 Å². The standard InChI is InChI=1S/C12H14ClFO3S/c13-11-8-10(18(14,15)16)6-7-12(11)17-9-4-2-1-3-5-9/h6-9H,1-5H2. The minimum absolute atomic E-state index is 0.115. The zero-order valence-corrected chi connectivity index (χ0v) is 11.3. The lowest BCUT2D eigenvalue weighted by Gasteiger charge is -2.23. The van der Waals surface area contributed by atoms with Gasteiger partial charge in [0.05, 0.1) is 11.1 Å². The van der Waals surface area contributed by atoms with Crippen LogP contribution in [0.2, 0.25) is 5.02 Å². The highest BCUT2D eigenvalue weighted by molar-refractivity contribution is 7.86. The van der Waals surface area contributed by atoms with Crippen LogP contribution in [0, 0.1) is 0 Å². The SMILES string of the molecule is O=S(=O)(F)c1ccc(OC2CCCCC2)c(Cl)c1. The maximum Gasteiger partial charge on any atom is 0.332 e. The second kappa shape index (κ2) is 5.45. The Hall–Kier alpha value is -0.810. The molecular formula is C12H14ClFO3S. The van der Waals surface area contributed by atoms with Crippen LogP contribution in [0.3, 0.4) is 0 Å². The third-order valence-electron chi connectivity index (χ3n) is 3.03. The normalized spacial score (nSPS) is 17.7. The fourth-order valence-corrected chi connectivity index (χ4v) is 2.87. The van der Waals surface area contributed by atoms with Crippen molar-refractivity contribution in [1.82, 2.24) is 0 Å². The molecule has 6 heteroatoms. The summed E-state index contributed by atoms with van der Waals surface area (Å²) < 4.78 is 39.9. The van der Waals surface area contributed by atoms with E-state index in [0.29, 0.717) is 5.75 Å². The molecule has 100 valence electrons. The van der Waals surface area contributed by atoms with Crippen LogP contribution in [0.15, 0.2) is 23.1 Å². The van der Waals surface area contributed by atoms with Gasteiger partial charge in [0.2, 0.25) is 0 Å². The van der Waals surface area contributed by atoms with E-state index in [1.54, 1.807) is 0 Å². The minimum Gasteiger partial charge on any atom is -0.489 e. The Labute approximate surface area is 111 Å². The highest BCUT2D eigenvalue weighted by Crippen LogP contribution is 2.31. The van der Waals surface area contributed by atoms with Gasteiger partial charge in [0.1, 0.15) is 10.6 Å². The van der Waals surface area contributed by atoms with Crippen LogP contribution < -0.4 is 4.74 Å². The molecule has 3 nitrogen and oxygen atoms in total. The second-order valence-electron chi connectivity index (χ2n) is 4.41. The Morgan fingerprint density at radius 1 is 1.22 bits per heavy atom. The Balaban J connectivity index is 2.14. The van der Waals surface area contributed by atoms with Crippen molar-refractivity contribution < 1.29 is 17.0 Å². The van der Waals surface area contributed by atoms with Gasteiger partial charge >= 0.3 is 10.2 Å². The van der Waals surface area contributed by atoms with Crippen LogP contribution in [-0.2, 0) is 10.2 Å². The lowest BCUT2D eigenvalue weighted by atomic mass is 9.98. The molecule has 1 fully saturated rings. The molecule has 0 saturated heterocycles. The predicted octanol–water partition coefficient (Wildman–Crippen LogP) is 3.71. The minimum atomic E-state index is -4.72. The highest BCUT2D eigenvalue weighted by Gasteiger charge is 2.18. The van der Waals surface area contributed by atoms with Gasteiger partial charge in [-0.2, -0.15) is 8.42 Å². The Bertz CT molecular complexity index is 524. The molecule has 0 aromatic heterocycles. The first kappa shape index (κ1) is 13.6. The number of hydrogen-bond donors (Lipinski definition) is 0. The molecule has 1 aromatic rings. The molecule has 1 aliphatic rings. The predicted molar refractivity (Wildman–Crippen MR) is 67.2 cm³/mol. The van der Waals surface area contributed by atoms with E-state index in [0.717, 1.165) is 31.7 Å². The summed E-state index contributed by atoms with van der Waals surface area (Å²) in [5.74, 6) is 0.413. The smallest absolute Gasteiger partial charge is 0.332 e. The lowest BCUT2D eigenvalue weighted by molar-refractivity contribution is 0.155. The summed E-state index contributed by atoms with van der Waals surface area (Å²) in [5, 5.41) is 0.124. The van der Waals surface area contributed by atoms with Crippen molar-refractivity contribution in [3.8, 4) is 5.75 Å². The van der Waals surface area contributed by atoms with Crippen LogP contribution in [0.4, 0.5) is 3.89 Å². The van der Waals surface area contributed by atoms with Gasteiger partial charge in [-0.15, -0.1) is 3.89 Å². The van der Waals surface area contributed by atoms with E-state index in [1.807, 2.05) is 0 Å². The third kappa shape index (κ3) is 3.36. The van der Waals surface area contributed by atoms with Gasteiger partial charge in [-0.25, -0.2) is 0 Å². The van der Waals surface area contributed by atoms with E-state index < -0.39 is 15.1 Å². The molecule has 0 amide bonds. The monoisotopic (exact) mass is 292 g/mol. The quantitative estimate of drug-likeness (QED) is 0.798. The van der Waals surface area contributed by atoms with Crippen molar-refractivity contribution in [1.29, 1.82) is 0 Å². The Morgan fingerprint density at radius 2 is 1.89 bits per heavy atom. The molecule has 0 atom stereocenters. The number of ether oxygens (including phenoxy) is 1. The number of benzene rings is 1. The van der Waals surface area contributed by atoms with Crippen molar-refractivity contribution in [3.05, 3.63) is 23.2 Å². The second-order valence-corrected chi connectivity index (χ2v) is 6.16. The average molecular weight is 293 g/mol. The molecule has 2 rings (SSSR count). The van der Waals surface area contributed by atoms with Gasteiger partial charge in [-0.05, 0) is 43.9 Å². The fourth-order valence-electron chi connectivity index (χ4n) is 2.09. The number of halogens is 2. The van der Waals surface area contributed by atoms with Gasteiger partial charge < -0.3 is 4.74 Å². The van der Waals surface area contributed by atoms with Crippen LogP contribution in [-0.4, -0.2) is 14.5 Å². The van der Waals surface area contributed by atoms with Gasteiger partial charge in [-0.3, -0.25) is 0 Å². The summed E-state index contributed by atoms with van der Waals surface area (Å²) in [6.07, 6.45) is 5.52.